The Kier molecular flexibility index (Phi) is 2.97. The maximum absolute atomic E-state index is 10.7. The average Bonchev–Trinajstić information content (AvgIpc) is 2.90. The number of ether oxygens (including phenoxy) is 1. The highest BCUT2D eigenvalue weighted by Crippen LogP contribution is 2.47. The first kappa shape index (κ1) is 11.4. The van der Waals surface area contributed by atoms with Crippen molar-refractivity contribution in [3.8, 4) is 0 Å². The summed E-state index contributed by atoms with van der Waals surface area (Å²) in [6.45, 7) is 0.869. The second kappa shape index (κ2) is 4.18. The lowest BCUT2D eigenvalue weighted by Gasteiger charge is -2.43. The highest BCUT2D eigenvalue weighted by Gasteiger charge is 2.48. The molecule has 3 heteroatoms. The Labute approximate surface area is 102 Å². The molecule has 2 nitrogen and oxygen atoms in total. The van der Waals surface area contributed by atoms with Crippen LogP contribution in [0.25, 0.3) is 0 Å². The molecule has 0 amide bonds. The van der Waals surface area contributed by atoms with E-state index in [2.05, 4.69) is 0 Å². The second-order valence-corrected chi connectivity index (χ2v) is 6.94. The molecular formula is C13H22O2S. The predicted octanol–water partition coefficient (Wildman–Crippen LogP) is 2.59. The van der Waals surface area contributed by atoms with Gasteiger partial charge in [0.25, 0.3) is 0 Å². The summed E-state index contributed by atoms with van der Waals surface area (Å²) in [5, 5.41) is 10.7. The molecule has 3 rings (SSSR count). The van der Waals surface area contributed by atoms with Crippen molar-refractivity contribution in [2.75, 3.05) is 18.1 Å². The molecule has 2 heterocycles. The summed E-state index contributed by atoms with van der Waals surface area (Å²) in [6, 6.07) is 0. The van der Waals surface area contributed by atoms with Crippen molar-refractivity contribution >= 4 is 11.8 Å². The quantitative estimate of drug-likeness (QED) is 0.766. The molecule has 2 aliphatic heterocycles. The van der Waals surface area contributed by atoms with Crippen molar-refractivity contribution in [2.24, 2.45) is 5.92 Å². The summed E-state index contributed by atoms with van der Waals surface area (Å²) >= 11 is 2.02. The van der Waals surface area contributed by atoms with Crippen LogP contribution in [0.15, 0.2) is 0 Å². The van der Waals surface area contributed by atoms with Gasteiger partial charge in [-0.15, -0.1) is 0 Å². The largest absolute Gasteiger partial charge is 0.390 e. The molecule has 0 radical (unpaired) electrons. The molecule has 0 aromatic rings. The minimum Gasteiger partial charge on any atom is -0.390 e. The van der Waals surface area contributed by atoms with Crippen molar-refractivity contribution in [2.45, 2.75) is 56.1 Å². The van der Waals surface area contributed by atoms with Gasteiger partial charge in [-0.3, -0.25) is 0 Å². The van der Waals surface area contributed by atoms with Crippen molar-refractivity contribution in [1.82, 2.24) is 0 Å². The maximum atomic E-state index is 10.7. The smallest absolute Gasteiger partial charge is 0.0784 e. The summed E-state index contributed by atoms with van der Waals surface area (Å²) in [4.78, 5) is 0. The Hall–Kier alpha value is 0.270. The van der Waals surface area contributed by atoms with Gasteiger partial charge < -0.3 is 9.84 Å². The monoisotopic (exact) mass is 242 g/mol. The summed E-state index contributed by atoms with van der Waals surface area (Å²) in [6.07, 6.45) is 7.87. The van der Waals surface area contributed by atoms with Crippen LogP contribution >= 0.6 is 11.8 Å². The van der Waals surface area contributed by atoms with Gasteiger partial charge in [0.05, 0.1) is 11.2 Å². The van der Waals surface area contributed by atoms with Gasteiger partial charge in [-0.25, -0.2) is 0 Å². The molecule has 2 atom stereocenters. The lowest BCUT2D eigenvalue weighted by molar-refractivity contribution is -0.130. The van der Waals surface area contributed by atoms with Crippen LogP contribution in [0.3, 0.4) is 0 Å². The van der Waals surface area contributed by atoms with E-state index < -0.39 is 0 Å². The normalized spacial score (nSPS) is 42.9. The molecule has 3 aliphatic rings. The number of aliphatic hydroxyl groups is 1. The Morgan fingerprint density at radius 3 is 2.69 bits per heavy atom. The second-order valence-electron chi connectivity index (χ2n) is 5.83. The first-order chi connectivity index (χ1) is 7.73. The summed E-state index contributed by atoms with van der Waals surface area (Å²) in [5.41, 5.74) is -0.212. The SMILES string of the molecule is OC1(C2CCOC3(CCSC3)C2)CCCC1. The highest BCUT2D eigenvalue weighted by atomic mass is 32.2. The third-order valence-electron chi connectivity index (χ3n) is 4.79. The van der Waals surface area contributed by atoms with Crippen LogP contribution in [0.2, 0.25) is 0 Å². The van der Waals surface area contributed by atoms with Crippen LogP contribution in [-0.2, 0) is 4.74 Å². The number of rotatable bonds is 1. The molecule has 1 spiro atoms. The Morgan fingerprint density at radius 1 is 1.19 bits per heavy atom. The van der Waals surface area contributed by atoms with Gasteiger partial charge in [0.15, 0.2) is 0 Å². The molecule has 0 bridgehead atoms. The Bertz CT molecular complexity index is 245. The van der Waals surface area contributed by atoms with Gasteiger partial charge in [-0.05, 0) is 43.8 Å². The fourth-order valence-electron chi connectivity index (χ4n) is 3.75. The first-order valence-electron chi connectivity index (χ1n) is 6.67. The zero-order valence-corrected chi connectivity index (χ0v) is 10.7. The van der Waals surface area contributed by atoms with E-state index in [9.17, 15) is 5.11 Å². The molecule has 2 saturated heterocycles. The van der Waals surface area contributed by atoms with E-state index in [4.69, 9.17) is 4.74 Å². The van der Waals surface area contributed by atoms with Crippen molar-refractivity contribution in [3.05, 3.63) is 0 Å². The summed E-state index contributed by atoms with van der Waals surface area (Å²) < 4.78 is 6.03. The van der Waals surface area contributed by atoms with Crippen LogP contribution in [0.4, 0.5) is 0 Å². The van der Waals surface area contributed by atoms with E-state index in [-0.39, 0.29) is 11.2 Å². The number of hydrogen-bond acceptors (Lipinski definition) is 3. The Balaban J connectivity index is 1.72. The van der Waals surface area contributed by atoms with Crippen LogP contribution in [0, 0.1) is 5.92 Å². The van der Waals surface area contributed by atoms with Gasteiger partial charge in [-0.2, -0.15) is 11.8 Å². The van der Waals surface area contributed by atoms with Gasteiger partial charge >= 0.3 is 0 Å². The fraction of sp³-hybridized carbons (Fsp3) is 1.00. The molecule has 16 heavy (non-hydrogen) atoms. The van der Waals surface area contributed by atoms with Crippen molar-refractivity contribution in [1.29, 1.82) is 0 Å². The molecule has 3 fully saturated rings. The minimum atomic E-state index is -0.343. The van der Waals surface area contributed by atoms with Gasteiger partial charge in [0.2, 0.25) is 0 Å². The van der Waals surface area contributed by atoms with Crippen LogP contribution in [-0.4, -0.2) is 34.4 Å². The minimum absolute atomic E-state index is 0.131. The molecule has 92 valence electrons. The fourth-order valence-corrected chi connectivity index (χ4v) is 5.12. The molecule has 2 unspecified atom stereocenters. The standard InChI is InChI=1S/C13H22O2S/c14-13(4-1-2-5-13)11-3-7-15-12(9-11)6-8-16-10-12/h11,14H,1-10H2. The highest BCUT2D eigenvalue weighted by molar-refractivity contribution is 7.99. The summed E-state index contributed by atoms with van der Waals surface area (Å²) in [5.74, 6) is 2.90. The molecule has 0 aromatic heterocycles. The van der Waals surface area contributed by atoms with E-state index in [1.807, 2.05) is 11.8 Å². The van der Waals surface area contributed by atoms with E-state index in [0.29, 0.717) is 5.92 Å². The Morgan fingerprint density at radius 2 is 2.00 bits per heavy atom. The molecule has 1 aliphatic carbocycles. The zero-order valence-electron chi connectivity index (χ0n) is 9.91. The van der Waals surface area contributed by atoms with E-state index in [0.717, 1.165) is 38.0 Å². The third kappa shape index (κ3) is 1.91. The van der Waals surface area contributed by atoms with Crippen molar-refractivity contribution < 1.29 is 9.84 Å². The average molecular weight is 242 g/mol. The summed E-state index contributed by atoms with van der Waals surface area (Å²) in [7, 11) is 0. The number of thioether (sulfide) groups is 1. The van der Waals surface area contributed by atoms with Gasteiger partial charge in [-0.1, -0.05) is 12.8 Å². The van der Waals surface area contributed by atoms with Gasteiger partial charge in [0.1, 0.15) is 0 Å². The van der Waals surface area contributed by atoms with Crippen molar-refractivity contribution in [3.63, 3.8) is 0 Å². The van der Waals surface area contributed by atoms with Crippen LogP contribution < -0.4 is 0 Å². The zero-order chi connectivity index (χ0) is 11.1. The first-order valence-corrected chi connectivity index (χ1v) is 7.82. The van der Waals surface area contributed by atoms with E-state index in [1.54, 1.807) is 0 Å². The lowest BCUT2D eigenvalue weighted by Crippen LogP contribution is -2.47. The maximum Gasteiger partial charge on any atom is 0.0784 e. The molecular weight excluding hydrogens is 220 g/mol. The topological polar surface area (TPSA) is 29.5 Å². The van der Waals surface area contributed by atoms with E-state index in [1.165, 1.54) is 25.0 Å². The van der Waals surface area contributed by atoms with Crippen LogP contribution in [0.1, 0.15) is 44.9 Å². The van der Waals surface area contributed by atoms with E-state index >= 15 is 0 Å². The molecule has 1 saturated carbocycles. The lowest BCUT2D eigenvalue weighted by atomic mass is 9.74. The van der Waals surface area contributed by atoms with Crippen LogP contribution in [0.5, 0.6) is 0 Å². The number of hydrogen-bond donors (Lipinski definition) is 1. The predicted molar refractivity (Wildman–Crippen MR) is 66.8 cm³/mol. The molecule has 0 aromatic carbocycles. The third-order valence-corrected chi connectivity index (χ3v) is 6.01. The molecule has 1 N–H and O–H groups in total. The van der Waals surface area contributed by atoms with Gasteiger partial charge in [0, 0.05) is 12.4 Å².